The van der Waals surface area contributed by atoms with Gasteiger partial charge in [-0.1, -0.05) is 48.5 Å². The molecule has 2 aliphatic rings. The molecule has 33 heavy (non-hydrogen) atoms. The molecule has 0 radical (unpaired) electrons. The van der Waals surface area contributed by atoms with Crippen molar-refractivity contribution >= 4 is 23.9 Å². The summed E-state index contributed by atoms with van der Waals surface area (Å²) in [4.78, 5) is 49.5. The van der Waals surface area contributed by atoms with Crippen molar-refractivity contribution in [3.05, 3.63) is 59.7 Å². The molecule has 9 nitrogen and oxygen atoms in total. The number of nitrogens with one attached hydrogen (secondary N) is 2. The molecule has 4 rings (SSSR count). The predicted molar refractivity (Wildman–Crippen MR) is 118 cm³/mol. The minimum Gasteiger partial charge on any atom is -0.481 e. The molecule has 3 amide bonds. The maximum absolute atomic E-state index is 12.7. The van der Waals surface area contributed by atoms with Gasteiger partial charge in [-0.2, -0.15) is 0 Å². The third-order valence-electron chi connectivity index (χ3n) is 6.12. The number of rotatable bonds is 7. The average molecular weight is 451 g/mol. The van der Waals surface area contributed by atoms with E-state index in [-0.39, 0.29) is 37.4 Å². The number of alkyl carbamates (subject to hydrolysis) is 1. The minimum atomic E-state index is -1.27. The first-order valence-electron chi connectivity index (χ1n) is 10.7. The zero-order chi connectivity index (χ0) is 23.5. The molecule has 3 N–H and O–H groups in total. The average Bonchev–Trinajstić information content (AvgIpc) is 3.09. The highest BCUT2D eigenvalue weighted by molar-refractivity contribution is 5.91. The van der Waals surface area contributed by atoms with Crippen molar-refractivity contribution in [2.24, 2.45) is 5.92 Å². The van der Waals surface area contributed by atoms with Gasteiger partial charge in [0.25, 0.3) is 0 Å². The Bertz CT molecular complexity index is 1050. The summed E-state index contributed by atoms with van der Waals surface area (Å²) in [6, 6.07) is 14.5. The van der Waals surface area contributed by atoms with Gasteiger partial charge in [-0.25, -0.2) is 4.79 Å². The lowest BCUT2D eigenvalue weighted by Crippen LogP contribution is -2.60. The fraction of sp³-hybridized carbons (Fsp3) is 0.333. The lowest BCUT2D eigenvalue weighted by molar-refractivity contribution is -0.148. The summed E-state index contributed by atoms with van der Waals surface area (Å²) in [5.41, 5.74) is 4.27. The zero-order valence-corrected chi connectivity index (χ0v) is 18.1. The van der Waals surface area contributed by atoms with Crippen LogP contribution in [0.2, 0.25) is 0 Å². The molecule has 1 fully saturated rings. The molecular weight excluding hydrogens is 426 g/mol. The molecule has 172 valence electrons. The number of amides is 3. The van der Waals surface area contributed by atoms with E-state index in [9.17, 15) is 24.3 Å². The van der Waals surface area contributed by atoms with Crippen LogP contribution in [0.5, 0.6) is 0 Å². The maximum Gasteiger partial charge on any atom is 0.407 e. The van der Waals surface area contributed by atoms with E-state index >= 15 is 0 Å². The Morgan fingerprint density at radius 3 is 2.15 bits per heavy atom. The van der Waals surface area contributed by atoms with Crippen LogP contribution in [0.3, 0.4) is 0 Å². The van der Waals surface area contributed by atoms with E-state index in [1.807, 2.05) is 48.5 Å². The Hall–Kier alpha value is -3.88. The summed E-state index contributed by atoms with van der Waals surface area (Å²) in [5.74, 6) is -2.44. The second-order valence-corrected chi connectivity index (χ2v) is 8.17. The van der Waals surface area contributed by atoms with Gasteiger partial charge in [-0.3, -0.25) is 14.4 Å². The Balaban J connectivity index is 1.39. The smallest absolute Gasteiger partial charge is 0.407 e. The van der Waals surface area contributed by atoms with Gasteiger partial charge >= 0.3 is 12.1 Å². The molecule has 1 heterocycles. The second kappa shape index (κ2) is 9.32. The van der Waals surface area contributed by atoms with Crippen molar-refractivity contribution in [1.82, 2.24) is 15.5 Å². The maximum atomic E-state index is 12.7. The summed E-state index contributed by atoms with van der Waals surface area (Å²) in [5, 5.41) is 14.1. The SMILES string of the molecule is CNC(=O)C1CN(C(=O)C(CC(=O)O)NC(=O)OCC2c3ccccc3-c3ccccc32)C1. The normalized spacial score (nSPS) is 15.6. The number of hydrogen-bond donors (Lipinski definition) is 3. The van der Waals surface area contributed by atoms with Gasteiger partial charge in [0.2, 0.25) is 11.8 Å². The van der Waals surface area contributed by atoms with Crippen LogP contribution in [0.25, 0.3) is 11.1 Å². The van der Waals surface area contributed by atoms with Crippen LogP contribution < -0.4 is 10.6 Å². The fourth-order valence-electron chi connectivity index (χ4n) is 4.41. The molecule has 0 saturated carbocycles. The van der Waals surface area contributed by atoms with Crippen molar-refractivity contribution in [3.8, 4) is 11.1 Å². The van der Waals surface area contributed by atoms with Gasteiger partial charge in [-0.05, 0) is 22.3 Å². The number of carboxylic acid groups (broad SMARTS) is 1. The summed E-state index contributed by atoms with van der Waals surface area (Å²) < 4.78 is 5.43. The molecule has 1 saturated heterocycles. The number of ether oxygens (including phenoxy) is 1. The van der Waals surface area contributed by atoms with Crippen LogP contribution in [0.4, 0.5) is 4.79 Å². The first-order valence-corrected chi connectivity index (χ1v) is 10.7. The number of carboxylic acids is 1. The molecule has 0 spiro atoms. The molecular formula is C24H25N3O6. The monoisotopic (exact) mass is 451 g/mol. The quantitative estimate of drug-likeness (QED) is 0.587. The Morgan fingerprint density at radius 1 is 1.03 bits per heavy atom. The van der Waals surface area contributed by atoms with Crippen molar-refractivity contribution in [1.29, 1.82) is 0 Å². The number of carbonyl (C=O) groups excluding carboxylic acids is 3. The highest BCUT2D eigenvalue weighted by Crippen LogP contribution is 2.44. The molecule has 0 bridgehead atoms. The number of benzene rings is 2. The molecule has 1 aliphatic carbocycles. The van der Waals surface area contributed by atoms with E-state index in [2.05, 4.69) is 10.6 Å². The van der Waals surface area contributed by atoms with E-state index in [1.54, 1.807) is 0 Å². The van der Waals surface area contributed by atoms with Crippen LogP contribution in [0.1, 0.15) is 23.5 Å². The Morgan fingerprint density at radius 2 is 1.61 bits per heavy atom. The number of carbonyl (C=O) groups is 4. The van der Waals surface area contributed by atoms with Crippen LogP contribution in [-0.2, 0) is 19.1 Å². The zero-order valence-electron chi connectivity index (χ0n) is 18.1. The third kappa shape index (κ3) is 4.52. The van der Waals surface area contributed by atoms with Crippen molar-refractivity contribution in [2.75, 3.05) is 26.7 Å². The number of hydrogen-bond acceptors (Lipinski definition) is 5. The molecule has 2 aromatic carbocycles. The fourth-order valence-corrected chi connectivity index (χ4v) is 4.41. The van der Waals surface area contributed by atoms with Gasteiger partial charge in [0, 0.05) is 26.1 Å². The largest absolute Gasteiger partial charge is 0.481 e. The molecule has 9 heteroatoms. The topological polar surface area (TPSA) is 125 Å². The van der Waals surface area contributed by atoms with Crippen molar-refractivity contribution in [2.45, 2.75) is 18.4 Å². The highest BCUT2D eigenvalue weighted by Gasteiger charge is 2.39. The summed E-state index contributed by atoms with van der Waals surface area (Å²) in [7, 11) is 1.51. The number of fused-ring (bicyclic) bond motifs is 3. The summed E-state index contributed by atoms with van der Waals surface area (Å²) in [6.07, 6.45) is -1.44. The van der Waals surface area contributed by atoms with Crippen molar-refractivity contribution < 1.29 is 29.0 Å². The van der Waals surface area contributed by atoms with Gasteiger partial charge in [0.15, 0.2) is 0 Å². The molecule has 1 aliphatic heterocycles. The molecule has 1 unspecified atom stereocenters. The van der Waals surface area contributed by atoms with Gasteiger partial charge < -0.3 is 25.4 Å². The Labute approximate surface area is 190 Å². The number of aliphatic carboxylic acids is 1. The molecule has 2 aromatic rings. The van der Waals surface area contributed by atoms with E-state index in [1.165, 1.54) is 11.9 Å². The summed E-state index contributed by atoms with van der Waals surface area (Å²) >= 11 is 0. The number of nitrogens with zero attached hydrogens (tertiary/aromatic N) is 1. The van der Waals surface area contributed by atoms with Crippen LogP contribution >= 0.6 is 0 Å². The first-order chi connectivity index (χ1) is 15.9. The van der Waals surface area contributed by atoms with Gasteiger partial charge in [0.05, 0.1) is 12.3 Å². The van der Waals surface area contributed by atoms with Crippen LogP contribution in [-0.4, -0.2) is 66.7 Å². The standard InChI is InChI=1S/C24H25N3O6/c1-25-22(30)14-11-27(12-14)23(31)20(10-21(28)29)26-24(32)33-13-19-17-8-4-2-6-15(17)16-7-3-5-9-18(16)19/h2-9,14,19-20H,10-13H2,1H3,(H,25,30)(H,26,32)(H,28,29). The lowest BCUT2D eigenvalue weighted by Gasteiger charge is -2.39. The highest BCUT2D eigenvalue weighted by atomic mass is 16.5. The first kappa shape index (κ1) is 22.3. The minimum absolute atomic E-state index is 0.0519. The van der Waals surface area contributed by atoms with E-state index in [4.69, 9.17) is 4.74 Å². The molecule has 1 atom stereocenters. The van der Waals surface area contributed by atoms with Gasteiger partial charge in [-0.15, -0.1) is 0 Å². The lowest BCUT2D eigenvalue weighted by atomic mass is 9.97. The summed E-state index contributed by atoms with van der Waals surface area (Å²) in [6.45, 7) is 0.415. The van der Waals surface area contributed by atoms with Gasteiger partial charge in [0.1, 0.15) is 12.6 Å². The van der Waals surface area contributed by atoms with E-state index in [0.717, 1.165) is 22.3 Å². The number of likely N-dealkylation sites (tertiary alicyclic amines) is 1. The predicted octanol–water partition coefficient (Wildman–Crippen LogP) is 1.57. The third-order valence-corrected chi connectivity index (χ3v) is 6.12. The van der Waals surface area contributed by atoms with E-state index < -0.39 is 30.4 Å². The molecule has 0 aromatic heterocycles. The van der Waals surface area contributed by atoms with E-state index in [0.29, 0.717) is 0 Å². The Kier molecular flexibility index (Phi) is 6.30. The van der Waals surface area contributed by atoms with Crippen LogP contribution in [0.15, 0.2) is 48.5 Å². The van der Waals surface area contributed by atoms with Crippen LogP contribution in [0, 0.1) is 5.92 Å². The second-order valence-electron chi connectivity index (χ2n) is 8.17. The van der Waals surface area contributed by atoms with Crippen molar-refractivity contribution in [3.63, 3.8) is 0 Å².